The van der Waals surface area contributed by atoms with Crippen molar-refractivity contribution in [3.8, 4) is 5.75 Å². The number of para-hydroxylation sites is 1. The SMILES string of the molecule is CN(C)CC(C)(C)CN1C[C@@H]2c3ccccc3OC[C@]2(C(=O)O)C1. The van der Waals surface area contributed by atoms with Crippen molar-refractivity contribution in [2.24, 2.45) is 10.8 Å². The van der Waals surface area contributed by atoms with E-state index >= 15 is 0 Å². The smallest absolute Gasteiger partial charge is 0.315 e. The number of carboxylic acids is 1. The molecule has 1 saturated heterocycles. The summed E-state index contributed by atoms with van der Waals surface area (Å²) in [7, 11) is 4.16. The second kappa shape index (κ2) is 6.05. The van der Waals surface area contributed by atoms with Crippen LogP contribution in [0.1, 0.15) is 25.3 Å². The average Bonchev–Trinajstić information content (AvgIpc) is 2.84. The number of hydrogen-bond donors (Lipinski definition) is 1. The van der Waals surface area contributed by atoms with Crippen LogP contribution in [-0.2, 0) is 4.79 Å². The fourth-order valence-corrected chi connectivity index (χ4v) is 4.57. The molecule has 0 aliphatic carbocycles. The fraction of sp³-hybridized carbons (Fsp3) is 0.632. The lowest BCUT2D eigenvalue weighted by Crippen LogP contribution is -2.46. The number of carbonyl (C=O) groups is 1. The summed E-state index contributed by atoms with van der Waals surface area (Å²) in [5.74, 6) is 0.0961. The summed E-state index contributed by atoms with van der Waals surface area (Å²) in [4.78, 5) is 16.6. The zero-order valence-corrected chi connectivity index (χ0v) is 15.1. The quantitative estimate of drug-likeness (QED) is 0.895. The Bertz CT molecular complexity index is 629. The van der Waals surface area contributed by atoms with E-state index in [1.165, 1.54) is 0 Å². The van der Waals surface area contributed by atoms with Crippen LogP contribution in [0.25, 0.3) is 0 Å². The number of likely N-dealkylation sites (tertiary alicyclic amines) is 1. The van der Waals surface area contributed by atoms with Crippen molar-refractivity contribution in [2.45, 2.75) is 19.8 Å². The Balaban J connectivity index is 1.86. The highest BCUT2D eigenvalue weighted by atomic mass is 16.5. The maximum absolute atomic E-state index is 12.1. The summed E-state index contributed by atoms with van der Waals surface area (Å²) in [6, 6.07) is 7.88. The van der Waals surface area contributed by atoms with Crippen LogP contribution in [0, 0.1) is 10.8 Å². The molecule has 2 aliphatic heterocycles. The molecule has 0 unspecified atom stereocenters. The highest BCUT2D eigenvalue weighted by molar-refractivity contribution is 5.78. The summed E-state index contributed by atoms with van der Waals surface area (Å²) < 4.78 is 5.83. The normalized spacial score (nSPS) is 26.8. The van der Waals surface area contributed by atoms with Crippen LogP contribution in [0.4, 0.5) is 0 Å². The molecule has 0 bridgehead atoms. The lowest BCUT2D eigenvalue weighted by atomic mass is 9.73. The summed E-state index contributed by atoms with van der Waals surface area (Å²) in [6.07, 6.45) is 0. The van der Waals surface area contributed by atoms with Crippen LogP contribution in [0.3, 0.4) is 0 Å². The maximum atomic E-state index is 12.1. The van der Waals surface area contributed by atoms with Gasteiger partial charge >= 0.3 is 5.97 Å². The van der Waals surface area contributed by atoms with Crippen LogP contribution in [-0.4, -0.2) is 67.8 Å². The fourth-order valence-electron chi connectivity index (χ4n) is 4.57. The van der Waals surface area contributed by atoms with Gasteiger partial charge in [0.25, 0.3) is 0 Å². The third-order valence-corrected chi connectivity index (χ3v) is 5.22. The summed E-state index contributed by atoms with van der Waals surface area (Å²) in [6.45, 7) is 7.94. The Morgan fingerprint density at radius 1 is 1.42 bits per heavy atom. The summed E-state index contributed by atoms with van der Waals surface area (Å²) in [5, 5.41) is 9.97. The number of carboxylic acid groups (broad SMARTS) is 1. The molecular formula is C19H28N2O3. The van der Waals surface area contributed by atoms with E-state index in [9.17, 15) is 9.90 Å². The van der Waals surface area contributed by atoms with Crippen molar-refractivity contribution in [1.29, 1.82) is 0 Å². The topological polar surface area (TPSA) is 53.0 Å². The third-order valence-electron chi connectivity index (χ3n) is 5.22. The molecule has 5 nitrogen and oxygen atoms in total. The first-order chi connectivity index (χ1) is 11.2. The molecule has 24 heavy (non-hydrogen) atoms. The molecule has 0 aromatic heterocycles. The summed E-state index contributed by atoms with van der Waals surface area (Å²) in [5.41, 5.74) is 0.318. The predicted octanol–water partition coefficient (Wildman–Crippen LogP) is 2.14. The molecule has 1 fully saturated rings. The first-order valence-electron chi connectivity index (χ1n) is 8.56. The minimum absolute atomic E-state index is 0.00453. The Morgan fingerprint density at radius 2 is 2.12 bits per heavy atom. The number of ether oxygens (including phenoxy) is 1. The number of rotatable bonds is 5. The van der Waals surface area contributed by atoms with Gasteiger partial charge in [-0.05, 0) is 31.1 Å². The Labute approximate surface area is 144 Å². The van der Waals surface area contributed by atoms with Gasteiger partial charge in [0.2, 0.25) is 0 Å². The van der Waals surface area contributed by atoms with Crippen molar-refractivity contribution < 1.29 is 14.6 Å². The van der Waals surface area contributed by atoms with Gasteiger partial charge in [-0.2, -0.15) is 0 Å². The molecule has 2 aliphatic rings. The van der Waals surface area contributed by atoms with Gasteiger partial charge in [-0.1, -0.05) is 32.0 Å². The Kier molecular flexibility index (Phi) is 4.34. The first kappa shape index (κ1) is 17.2. The highest BCUT2D eigenvalue weighted by Gasteiger charge is 2.56. The van der Waals surface area contributed by atoms with Gasteiger partial charge < -0.3 is 19.6 Å². The number of hydrogen-bond acceptors (Lipinski definition) is 4. The monoisotopic (exact) mass is 332 g/mol. The molecule has 1 N–H and O–H groups in total. The van der Waals surface area contributed by atoms with Crippen molar-refractivity contribution in [2.75, 3.05) is 46.9 Å². The maximum Gasteiger partial charge on any atom is 0.315 e. The van der Waals surface area contributed by atoms with Gasteiger partial charge in [-0.3, -0.25) is 4.79 Å². The molecule has 1 aromatic rings. The van der Waals surface area contributed by atoms with Crippen LogP contribution >= 0.6 is 0 Å². The molecule has 5 heteroatoms. The largest absolute Gasteiger partial charge is 0.492 e. The van der Waals surface area contributed by atoms with Crippen LogP contribution < -0.4 is 4.74 Å². The second-order valence-electron chi connectivity index (χ2n) is 8.41. The molecule has 132 valence electrons. The Hall–Kier alpha value is -1.59. The van der Waals surface area contributed by atoms with E-state index in [1.807, 2.05) is 24.3 Å². The van der Waals surface area contributed by atoms with Crippen molar-refractivity contribution in [1.82, 2.24) is 9.80 Å². The van der Waals surface area contributed by atoms with Crippen LogP contribution in [0.2, 0.25) is 0 Å². The van der Waals surface area contributed by atoms with Crippen molar-refractivity contribution >= 4 is 5.97 Å². The van der Waals surface area contributed by atoms with Gasteiger partial charge in [0, 0.05) is 32.1 Å². The molecule has 2 heterocycles. The number of nitrogens with zero attached hydrogens (tertiary/aromatic N) is 2. The van der Waals surface area contributed by atoms with Crippen LogP contribution in [0.5, 0.6) is 5.75 Å². The van der Waals surface area contributed by atoms with Gasteiger partial charge in [0.15, 0.2) is 0 Å². The molecule has 0 saturated carbocycles. The van der Waals surface area contributed by atoms with Crippen LogP contribution in [0.15, 0.2) is 24.3 Å². The second-order valence-corrected chi connectivity index (χ2v) is 8.41. The molecule has 1 aromatic carbocycles. The number of aliphatic carboxylic acids is 1. The van der Waals surface area contributed by atoms with E-state index in [4.69, 9.17) is 4.74 Å². The minimum Gasteiger partial charge on any atom is -0.492 e. The minimum atomic E-state index is -0.831. The lowest BCUT2D eigenvalue weighted by Gasteiger charge is -2.36. The molecule has 0 amide bonds. The van der Waals surface area contributed by atoms with E-state index in [0.717, 1.165) is 30.9 Å². The van der Waals surface area contributed by atoms with E-state index in [0.29, 0.717) is 6.54 Å². The third kappa shape index (κ3) is 3.03. The standard InChI is InChI=1S/C19H28N2O3/c1-18(2,10-20(3)4)11-21-9-15-14-7-5-6-8-16(14)24-13-19(15,12-21)17(22)23/h5-8,15H,9-13H2,1-4H3,(H,22,23)/t15-,19-/m1/s1. The molecule has 0 spiro atoms. The lowest BCUT2D eigenvalue weighted by molar-refractivity contribution is -0.152. The molecular weight excluding hydrogens is 304 g/mol. The first-order valence-corrected chi connectivity index (χ1v) is 8.56. The van der Waals surface area contributed by atoms with Crippen molar-refractivity contribution in [3.05, 3.63) is 29.8 Å². The number of fused-ring (bicyclic) bond motifs is 3. The molecule has 3 rings (SSSR count). The van der Waals surface area contributed by atoms with Gasteiger partial charge in [-0.15, -0.1) is 0 Å². The average molecular weight is 332 g/mol. The van der Waals surface area contributed by atoms with Gasteiger partial charge in [0.05, 0.1) is 0 Å². The molecule has 2 atom stereocenters. The zero-order chi connectivity index (χ0) is 17.5. The highest BCUT2D eigenvalue weighted by Crippen LogP contribution is 2.50. The van der Waals surface area contributed by atoms with E-state index in [-0.39, 0.29) is 17.9 Å². The Morgan fingerprint density at radius 3 is 2.79 bits per heavy atom. The van der Waals surface area contributed by atoms with E-state index in [1.54, 1.807) is 0 Å². The van der Waals surface area contributed by atoms with Crippen molar-refractivity contribution in [3.63, 3.8) is 0 Å². The predicted molar refractivity (Wildman–Crippen MR) is 93.5 cm³/mol. The van der Waals surface area contributed by atoms with E-state index in [2.05, 4.69) is 37.7 Å². The van der Waals surface area contributed by atoms with E-state index < -0.39 is 11.4 Å². The van der Waals surface area contributed by atoms with Gasteiger partial charge in [-0.25, -0.2) is 0 Å². The van der Waals surface area contributed by atoms with Gasteiger partial charge in [0.1, 0.15) is 17.8 Å². The summed E-state index contributed by atoms with van der Waals surface area (Å²) >= 11 is 0. The molecule has 0 radical (unpaired) electrons. The number of benzene rings is 1. The zero-order valence-electron chi connectivity index (χ0n) is 15.1.